The van der Waals surface area contributed by atoms with Gasteiger partial charge in [-0.3, -0.25) is 4.79 Å². The van der Waals surface area contributed by atoms with Crippen LogP contribution in [0.25, 0.3) is 0 Å². The lowest BCUT2D eigenvalue weighted by Crippen LogP contribution is -2.16. The third-order valence-electron chi connectivity index (χ3n) is 3.17. The van der Waals surface area contributed by atoms with Crippen molar-refractivity contribution in [2.75, 3.05) is 5.32 Å². The molecular weight excluding hydrogens is 238 g/mol. The van der Waals surface area contributed by atoms with E-state index in [4.69, 9.17) is 0 Å². The molecule has 0 radical (unpaired) electrons. The number of nitrogens with one attached hydrogen (secondary N) is 1. The smallest absolute Gasteiger partial charge is 0.256 e. The second-order valence-corrected chi connectivity index (χ2v) is 5.01. The van der Waals surface area contributed by atoms with Gasteiger partial charge < -0.3 is 5.32 Å². The summed E-state index contributed by atoms with van der Waals surface area (Å²) < 4.78 is 1.79. The average Bonchev–Trinajstić information content (AvgIpc) is 2.80. The van der Waals surface area contributed by atoms with Crippen LogP contribution < -0.4 is 5.32 Å². The van der Waals surface area contributed by atoms with Crippen LogP contribution in [0.1, 0.15) is 41.4 Å². The number of hydrogen-bond donors (Lipinski definition) is 1. The lowest BCUT2D eigenvalue weighted by Gasteiger charge is -2.12. The van der Waals surface area contributed by atoms with Crippen molar-refractivity contribution in [3.63, 3.8) is 0 Å². The Bertz CT molecular complexity index is 599. The van der Waals surface area contributed by atoms with Crippen molar-refractivity contribution in [2.45, 2.75) is 33.7 Å². The second-order valence-electron chi connectivity index (χ2n) is 5.01. The van der Waals surface area contributed by atoms with Gasteiger partial charge in [-0.05, 0) is 51.0 Å². The highest BCUT2D eigenvalue weighted by atomic mass is 16.1. The summed E-state index contributed by atoms with van der Waals surface area (Å²) in [5.41, 5.74) is 2.97. The number of hydrogen-bond acceptors (Lipinski definition) is 2. The number of rotatable bonds is 3. The minimum atomic E-state index is -0.106. The van der Waals surface area contributed by atoms with E-state index >= 15 is 0 Å². The molecule has 100 valence electrons. The molecule has 0 saturated heterocycles. The highest BCUT2D eigenvalue weighted by Gasteiger charge is 2.11. The van der Waals surface area contributed by atoms with Crippen molar-refractivity contribution in [3.8, 4) is 0 Å². The molecule has 0 bridgehead atoms. The lowest BCUT2D eigenvalue weighted by atomic mass is 10.1. The summed E-state index contributed by atoms with van der Waals surface area (Å²) >= 11 is 0. The van der Waals surface area contributed by atoms with Gasteiger partial charge in [0.05, 0.1) is 6.20 Å². The molecule has 1 amide bonds. The van der Waals surface area contributed by atoms with Crippen LogP contribution in [0.3, 0.4) is 0 Å². The van der Waals surface area contributed by atoms with E-state index in [0.29, 0.717) is 5.56 Å². The Balaban J connectivity index is 2.21. The Hall–Kier alpha value is -2.10. The minimum absolute atomic E-state index is 0.106. The summed E-state index contributed by atoms with van der Waals surface area (Å²) in [7, 11) is 0. The van der Waals surface area contributed by atoms with Crippen LogP contribution in [0.2, 0.25) is 0 Å². The average molecular weight is 257 g/mol. The molecule has 1 aromatic carbocycles. The molecule has 0 unspecified atom stereocenters. The van der Waals surface area contributed by atoms with Crippen molar-refractivity contribution in [2.24, 2.45) is 0 Å². The molecule has 0 atom stereocenters. The predicted octanol–water partition coefficient (Wildman–Crippen LogP) is 3.33. The van der Waals surface area contributed by atoms with Gasteiger partial charge in [0.2, 0.25) is 0 Å². The zero-order valence-corrected chi connectivity index (χ0v) is 11.8. The normalized spacial score (nSPS) is 10.8. The van der Waals surface area contributed by atoms with Crippen LogP contribution in [0.5, 0.6) is 0 Å². The molecule has 0 aliphatic carbocycles. The Morgan fingerprint density at radius 2 is 1.95 bits per heavy atom. The number of aryl methyl sites for hydroxylation is 2. The number of amides is 1. The fraction of sp³-hybridized carbons (Fsp3) is 0.333. The maximum absolute atomic E-state index is 12.2. The first kappa shape index (κ1) is 13.3. The molecule has 0 spiro atoms. The van der Waals surface area contributed by atoms with E-state index < -0.39 is 0 Å². The molecule has 0 fully saturated rings. The summed E-state index contributed by atoms with van der Waals surface area (Å²) in [5.74, 6) is 0.615. The van der Waals surface area contributed by atoms with Gasteiger partial charge in [0, 0.05) is 17.7 Å². The minimum Gasteiger partial charge on any atom is -0.307 e. The van der Waals surface area contributed by atoms with E-state index in [2.05, 4.69) is 10.4 Å². The van der Waals surface area contributed by atoms with Crippen LogP contribution in [-0.4, -0.2) is 15.7 Å². The fourth-order valence-electron chi connectivity index (χ4n) is 1.90. The fourth-order valence-corrected chi connectivity index (χ4v) is 1.90. The number of nitrogens with zero attached hydrogens (tertiary/aromatic N) is 2. The third kappa shape index (κ3) is 2.84. The first-order valence-electron chi connectivity index (χ1n) is 6.41. The topological polar surface area (TPSA) is 46.9 Å². The summed E-state index contributed by atoms with van der Waals surface area (Å²) in [6, 6.07) is 7.72. The van der Waals surface area contributed by atoms with Crippen molar-refractivity contribution in [1.29, 1.82) is 0 Å². The van der Waals surface area contributed by atoms with Crippen LogP contribution in [-0.2, 0) is 0 Å². The molecule has 1 aromatic heterocycles. The predicted molar refractivity (Wildman–Crippen MR) is 76.5 cm³/mol. The van der Waals surface area contributed by atoms with Gasteiger partial charge >= 0.3 is 0 Å². The molecule has 1 heterocycles. The lowest BCUT2D eigenvalue weighted by molar-refractivity contribution is 0.102. The van der Waals surface area contributed by atoms with Crippen LogP contribution in [0.15, 0.2) is 30.5 Å². The zero-order valence-electron chi connectivity index (χ0n) is 11.8. The second kappa shape index (κ2) is 5.26. The number of carbonyl (C=O) groups excluding carboxylic acids is 1. The van der Waals surface area contributed by atoms with Gasteiger partial charge in [-0.15, -0.1) is 0 Å². The molecule has 4 heteroatoms. The maximum Gasteiger partial charge on any atom is 0.256 e. The summed E-state index contributed by atoms with van der Waals surface area (Å²) in [5, 5.41) is 7.09. The van der Waals surface area contributed by atoms with Crippen LogP contribution in [0.4, 0.5) is 5.82 Å². The number of anilines is 1. The van der Waals surface area contributed by atoms with Crippen molar-refractivity contribution in [1.82, 2.24) is 9.78 Å². The highest BCUT2D eigenvalue weighted by Crippen LogP contribution is 2.15. The van der Waals surface area contributed by atoms with E-state index in [1.54, 1.807) is 16.9 Å². The van der Waals surface area contributed by atoms with Gasteiger partial charge in [0.1, 0.15) is 5.82 Å². The first-order chi connectivity index (χ1) is 8.99. The molecule has 0 saturated carbocycles. The Morgan fingerprint density at radius 3 is 2.58 bits per heavy atom. The molecule has 2 aromatic rings. The van der Waals surface area contributed by atoms with Crippen LogP contribution in [0, 0.1) is 13.8 Å². The largest absolute Gasteiger partial charge is 0.307 e. The Kier molecular flexibility index (Phi) is 3.69. The van der Waals surface area contributed by atoms with E-state index in [9.17, 15) is 4.79 Å². The molecule has 1 N–H and O–H groups in total. The molecule has 4 nitrogen and oxygen atoms in total. The van der Waals surface area contributed by atoms with Gasteiger partial charge in [0.15, 0.2) is 0 Å². The first-order valence-corrected chi connectivity index (χ1v) is 6.41. The van der Waals surface area contributed by atoms with Gasteiger partial charge in [0.25, 0.3) is 5.91 Å². The Labute approximate surface area is 113 Å². The van der Waals surface area contributed by atoms with Gasteiger partial charge in [-0.25, -0.2) is 4.68 Å². The van der Waals surface area contributed by atoms with E-state index in [0.717, 1.165) is 11.4 Å². The molecular formula is C15H19N3O. The summed E-state index contributed by atoms with van der Waals surface area (Å²) in [6.07, 6.45) is 1.69. The quantitative estimate of drug-likeness (QED) is 0.916. The molecule has 19 heavy (non-hydrogen) atoms. The SMILES string of the molecule is Cc1ccc(C(=O)Nc2ccnn2C(C)C)cc1C. The third-order valence-corrected chi connectivity index (χ3v) is 3.17. The molecule has 2 rings (SSSR count). The number of aromatic nitrogens is 2. The van der Waals surface area contributed by atoms with Gasteiger partial charge in [-0.2, -0.15) is 5.10 Å². The van der Waals surface area contributed by atoms with Crippen molar-refractivity contribution in [3.05, 3.63) is 47.2 Å². The van der Waals surface area contributed by atoms with E-state index in [-0.39, 0.29) is 11.9 Å². The molecule has 0 aliphatic rings. The number of benzene rings is 1. The van der Waals surface area contributed by atoms with E-state index in [1.165, 1.54) is 5.56 Å². The van der Waals surface area contributed by atoms with E-state index in [1.807, 2.05) is 45.9 Å². The number of carbonyl (C=O) groups is 1. The van der Waals surface area contributed by atoms with Crippen LogP contribution >= 0.6 is 0 Å². The Morgan fingerprint density at radius 1 is 1.21 bits per heavy atom. The van der Waals surface area contributed by atoms with Gasteiger partial charge in [-0.1, -0.05) is 6.07 Å². The highest BCUT2D eigenvalue weighted by molar-refractivity contribution is 6.03. The summed E-state index contributed by atoms with van der Waals surface area (Å²) in [6.45, 7) is 8.09. The standard InChI is InChI=1S/C15H19N3O/c1-10(2)18-14(7-8-16-18)17-15(19)13-6-5-11(3)12(4)9-13/h5-10H,1-4H3,(H,17,19). The van der Waals surface area contributed by atoms with Crippen molar-refractivity contribution < 1.29 is 4.79 Å². The van der Waals surface area contributed by atoms with Crippen molar-refractivity contribution >= 4 is 11.7 Å². The zero-order chi connectivity index (χ0) is 14.0. The molecule has 0 aliphatic heterocycles. The monoisotopic (exact) mass is 257 g/mol. The summed E-state index contributed by atoms with van der Waals surface area (Å²) in [4.78, 5) is 12.2. The maximum atomic E-state index is 12.2.